The van der Waals surface area contributed by atoms with Crippen LogP contribution in [0, 0.1) is 19.3 Å². The fourth-order valence-electron chi connectivity index (χ4n) is 1.17. The molecule has 70 valence electrons. The van der Waals surface area contributed by atoms with Crippen LogP contribution in [0.15, 0.2) is 6.20 Å². The summed E-state index contributed by atoms with van der Waals surface area (Å²) in [4.78, 5) is 0. The number of rotatable bonds is 4. The van der Waals surface area contributed by atoms with Crippen molar-refractivity contribution in [1.82, 2.24) is 15.1 Å². The average Bonchev–Trinajstić information content (AvgIpc) is 2.44. The lowest BCUT2D eigenvalue weighted by Crippen LogP contribution is -2.11. The predicted molar refractivity (Wildman–Crippen MR) is 53.2 cm³/mol. The van der Waals surface area contributed by atoms with E-state index < -0.39 is 0 Å². The maximum atomic E-state index is 5.19. The van der Waals surface area contributed by atoms with Gasteiger partial charge in [-0.3, -0.25) is 4.68 Å². The summed E-state index contributed by atoms with van der Waals surface area (Å²) in [6.45, 7) is 6.47. The number of aryl methyl sites for hydroxylation is 1. The van der Waals surface area contributed by atoms with Crippen LogP contribution in [0.5, 0.6) is 0 Å². The van der Waals surface area contributed by atoms with Crippen molar-refractivity contribution in [3.05, 3.63) is 17.5 Å². The van der Waals surface area contributed by atoms with Crippen LogP contribution in [-0.4, -0.2) is 16.3 Å². The Morgan fingerprint density at radius 1 is 1.69 bits per heavy atom. The molecule has 0 aliphatic heterocycles. The largest absolute Gasteiger partial charge is 0.313 e. The average molecular weight is 177 g/mol. The van der Waals surface area contributed by atoms with Crippen molar-refractivity contribution in [1.29, 1.82) is 0 Å². The van der Waals surface area contributed by atoms with Gasteiger partial charge in [-0.1, -0.05) is 12.8 Å². The van der Waals surface area contributed by atoms with E-state index in [9.17, 15) is 0 Å². The Labute approximate surface area is 79.1 Å². The number of hydrogen-bond acceptors (Lipinski definition) is 2. The van der Waals surface area contributed by atoms with E-state index in [1.165, 1.54) is 5.56 Å². The summed E-state index contributed by atoms with van der Waals surface area (Å²) >= 11 is 0. The van der Waals surface area contributed by atoms with Crippen molar-refractivity contribution in [2.24, 2.45) is 0 Å². The van der Waals surface area contributed by atoms with Crippen LogP contribution in [0.1, 0.15) is 18.2 Å². The molecule has 13 heavy (non-hydrogen) atoms. The molecule has 0 spiro atoms. The van der Waals surface area contributed by atoms with Crippen molar-refractivity contribution >= 4 is 0 Å². The lowest BCUT2D eigenvalue weighted by molar-refractivity contribution is 0.704. The second kappa shape index (κ2) is 4.68. The van der Waals surface area contributed by atoms with E-state index in [1.807, 2.05) is 13.1 Å². The van der Waals surface area contributed by atoms with Crippen molar-refractivity contribution in [2.75, 3.05) is 6.54 Å². The lowest BCUT2D eigenvalue weighted by atomic mass is 10.2. The lowest BCUT2D eigenvalue weighted by Gasteiger charge is -1.97. The van der Waals surface area contributed by atoms with Crippen LogP contribution < -0.4 is 5.32 Å². The van der Waals surface area contributed by atoms with Crippen molar-refractivity contribution < 1.29 is 0 Å². The molecule has 1 N–H and O–H groups in total. The van der Waals surface area contributed by atoms with Gasteiger partial charge < -0.3 is 5.32 Å². The highest BCUT2D eigenvalue weighted by molar-refractivity contribution is 5.15. The van der Waals surface area contributed by atoms with Crippen LogP contribution >= 0.6 is 0 Å². The Kier molecular flexibility index (Phi) is 3.53. The molecule has 0 amide bonds. The van der Waals surface area contributed by atoms with Gasteiger partial charge >= 0.3 is 0 Å². The molecule has 1 heterocycles. The molecule has 1 aromatic rings. The van der Waals surface area contributed by atoms with Crippen LogP contribution in [0.4, 0.5) is 0 Å². The van der Waals surface area contributed by atoms with Gasteiger partial charge in [0.2, 0.25) is 0 Å². The smallest absolute Gasteiger partial charge is 0.101 e. The molecule has 0 unspecified atom stereocenters. The van der Waals surface area contributed by atoms with Gasteiger partial charge in [0.15, 0.2) is 0 Å². The molecule has 3 nitrogen and oxygen atoms in total. The molecule has 0 fully saturated rings. The third-order valence-electron chi connectivity index (χ3n) is 1.87. The Balaban J connectivity index is 2.67. The van der Waals surface area contributed by atoms with E-state index in [0.29, 0.717) is 6.54 Å². The summed E-state index contributed by atoms with van der Waals surface area (Å²) in [7, 11) is 0. The number of nitrogens with one attached hydrogen (secondary N) is 1. The minimum absolute atomic E-state index is 0.549. The van der Waals surface area contributed by atoms with E-state index in [1.54, 1.807) is 4.68 Å². The topological polar surface area (TPSA) is 29.9 Å². The highest BCUT2D eigenvalue weighted by atomic mass is 15.3. The van der Waals surface area contributed by atoms with Gasteiger partial charge in [0.1, 0.15) is 6.54 Å². The fourth-order valence-corrected chi connectivity index (χ4v) is 1.17. The maximum absolute atomic E-state index is 5.19. The first-order valence-electron chi connectivity index (χ1n) is 4.45. The standard InChI is InChI=1S/C10H15N3/c1-4-6-13-8-10(7-11-5-2)9(3)12-13/h1,8,11H,5-7H2,2-3H3. The SMILES string of the molecule is C#CCn1cc(CNCC)c(C)n1. The zero-order chi connectivity index (χ0) is 9.68. The summed E-state index contributed by atoms with van der Waals surface area (Å²) in [5.41, 5.74) is 2.27. The molecule has 0 atom stereocenters. The normalized spacial score (nSPS) is 9.92. The van der Waals surface area contributed by atoms with Crippen LogP contribution in [-0.2, 0) is 13.1 Å². The van der Waals surface area contributed by atoms with Gasteiger partial charge in [0.25, 0.3) is 0 Å². The summed E-state index contributed by atoms with van der Waals surface area (Å²) < 4.78 is 1.79. The van der Waals surface area contributed by atoms with E-state index in [-0.39, 0.29) is 0 Å². The quantitative estimate of drug-likeness (QED) is 0.693. The Bertz CT molecular complexity index is 306. The molecule has 3 heteroatoms. The van der Waals surface area contributed by atoms with E-state index >= 15 is 0 Å². The molecule has 0 bridgehead atoms. The van der Waals surface area contributed by atoms with Crippen molar-refractivity contribution in [3.63, 3.8) is 0 Å². The molecule has 1 aromatic heterocycles. The number of nitrogens with zero attached hydrogens (tertiary/aromatic N) is 2. The monoisotopic (exact) mass is 177 g/mol. The summed E-state index contributed by atoms with van der Waals surface area (Å²) in [6.07, 6.45) is 7.19. The van der Waals surface area contributed by atoms with Crippen LogP contribution in [0.25, 0.3) is 0 Å². The van der Waals surface area contributed by atoms with Crippen molar-refractivity contribution in [3.8, 4) is 12.3 Å². The summed E-state index contributed by atoms with van der Waals surface area (Å²) in [6, 6.07) is 0. The molecule has 0 radical (unpaired) electrons. The third-order valence-corrected chi connectivity index (χ3v) is 1.87. The van der Waals surface area contributed by atoms with Crippen molar-refractivity contribution in [2.45, 2.75) is 26.9 Å². The zero-order valence-electron chi connectivity index (χ0n) is 8.17. The van der Waals surface area contributed by atoms with Gasteiger partial charge in [0, 0.05) is 18.3 Å². The minimum Gasteiger partial charge on any atom is -0.313 e. The number of hydrogen-bond donors (Lipinski definition) is 1. The maximum Gasteiger partial charge on any atom is 0.101 e. The second-order valence-corrected chi connectivity index (χ2v) is 2.92. The van der Waals surface area contributed by atoms with Gasteiger partial charge in [-0.2, -0.15) is 5.10 Å². The molecular formula is C10H15N3. The van der Waals surface area contributed by atoms with Gasteiger partial charge in [0.05, 0.1) is 5.69 Å². The molecule has 0 aliphatic rings. The number of terminal acetylenes is 1. The molecule has 0 saturated heterocycles. The second-order valence-electron chi connectivity index (χ2n) is 2.92. The molecule has 0 saturated carbocycles. The van der Waals surface area contributed by atoms with E-state index in [0.717, 1.165) is 18.8 Å². The zero-order valence-corrected chi connectivity index (χ0v) is 8.17. The van der Waals surface area contributed by atoms with Gasteiger partial charge in [-0.25, -0.2) is 0 Å². The Hall–Kier alpha value is -1.27. The Morgan fingerprint density at radius 3 is 3.08 bits per heavy atom. The first kappa shape index (κ1) is 9.82. The number of aromatic nitrogens is 2. The molecular weight excluding hydrogens is 162 g/mol. The van der Waals surface area contributed by atoms with E-state index in [2.05, 4.69) is 23.3 Å². The van der Waals surface area contributed by atoms with E-state index in [4.69, 9.17) is 6.42 Å². The van der Waals surface area contributed by atoms with Crippen LogP contribution in [0.2, 0.25) is 0 Å². The molecule has 0 aromatic carbocycles. The highest BCUT2D eigenvalue weighted by Gasteiger charge is 2.02. The molecule has 0 aliphatic carbocycles. The minimum atomic E-state index is 0.549. The highest BCUT2D eigenvalue weighted by Crippen LogP contribution is 2.04. The van der Waals surface area contributed by atoms with Gasteiger partial charge in [-0.15, -0.1) is 6.42 Å². The summed E-state index contributed by atoms with van der Waals surface area (Å²) in [5.74, 6) is 2.56. The first-order chi connectivity index (χ1) is 6.27. The first-order valence-corrected chi connectivity index (χ1v) is 4.45. The summed E-state index contributed by atoms with van der Waals surface area (Å²) in [5, 5.41) is 7.54. The predicted octanol–water partition coefficient (Wildman–Crippen LogP) is 0.934. The fraction of sp³-hybridized carbons (Fsp3) is 0.500. The molecule has 1 rings (SSSR count). The van der Waals surface area contributed by atoms with Crippen LogP contribution in [0.3, 0.4) is 0 Å². The third kappa shape index (κ3) is 2.60. The van der Waals surface area contributed by atoms with Gasteiger partial charge in [-0.05, 0) is 13.5 Å². The Morgan fingerprint density at radius 2 is 2.46 bits per heavy atom.